The zero-order chi connectivity index (χ0) is 7.72. The zero-order valence-corrected chi connectivity index (χ0v) is 5.25. The summed E-state index contributed by atoms with van der Waals surface area (Å²) < 4.78 is 24.7. The van der Waals surface area contributed by atoms with Crippen LogP contribution in [0, 0.1) is 0 Å². The number of hydrogen-bond donors (Lipinski definition) is 1. The molecule has 1 heterocycles. The first-order valence-electron chi connectivity index (χ1n) is 2.62. The van der Waals surface area contributed by atoms with E-state index < -0.39 is 17.9 Å². The molecular weight excluding hydrogens is 142 g/mol. The zero-order valence-electron chi connectivity index (χ0n) is 5.25. The molecule has 1 N–H and O–H groups in total. The van der Waals surface area contributed by atoms with Gasteiger partial charge in [0.1, 0.15) is 5.69 Å². The highest BCUT2D eigenvalue weighted by molar-refractivity contribution is 5.23. The third kappa shape index (κ3) is 0.940. The van der Waals surface area contributed by atoms with Crippen molar-refractivity contribution in [3.63, 3.8) is 0 Å². The van der Waals surface area contributed by atoms with Crippen LogP contribution in [0.25, 0.3) is 0 Å². The molecule has 56 valence electrons. The molecule has 0 unspecified atom stereocenters. The molecule has 0 bridgehead atoms. The molecule has 0 aromatic carbocycles. The topological polar surface area (TPSA) is 38.0 Å². The lowest BCUT2D eigenvalue weighted by Gasteiger charge is -1.98. The maximum Gasteiger partial charge on any atom is 0.283 e. The lowest BCUT2D eigenvalue weighted by molar-refractivity contribution is 0.137. The van der Waals surface area contributed by atoms with Crippen molar-refractivity contribution in [3.8, 4) is 5.75 Å². The highest BCUT2D eigenvalue weighted by Crippen LogP contribution is 2.26. The van der Waals surface area contributed by atoms with Crippen LogP contribution in [-0.2, 0) is 7.05 Å². The number of aryl methyl sites for hydroxylation is 1. The van der Waals surface area contributed by atoms with Gasteiger partial charge in [-0.15, -0.1) is 0 Å². The number of aromatic nitrogens is 2. The van der Waals surface area contributed by atoms with Crippen molar-refractivity contribution in [2.24, 2.45) is 7.05 Å². The second kappa shape index (κ2) is 2.24. The van der Waals surface area contributed by atoms with Crippen LogP contribution in [0.2, 0.25) is 0 Å². The molecule has 0 spiro atoms. The van der Waals surface area contributed by atoms with Crippen LogP contribution < -0.4 is 0 Å². The molecule has 0 saturated carbocycles. The van der Waals surface area contributed by atoms with Crippen LogP contribution in [0.5, 0.6) is 5.75 Å². The largest absolute Gasteiger partial charge is 0.504 e. The fourth-order valence-electron chi connectivity index (χ4n) is 0.688. The number of halogens is 2. The first-order valence-corrected chi connectivity index (χ1v) is 2.62. The molecule has 0 atom stereocenters. The summed E-state index contributed by atoms with van der Waals surface area (Å²) in [6.07, 6.45) is -1.69. The van der Waals surface area contributed by atoms with E-state index >= 15 is 0 Å². The Bertz CT molecular complexity index is 214. The first kappa shape index (κ1) is 6.98. The Kier molecular flexibility index (Phi) is 1.57. The van der Waals surface area contributed by atoms with E-state index in [1.165, 1.54) is 7.05 Å². The first-order chi connectivity index (χ1) is 4.63. The Labute approximate surface area is 55.9 Å². The van der Waals surface area contributed by atoms with Gasteiger partial charge in [-0.25, -0.2) is 8.78 Å². The Morgan fingerprint density at radius 1 is 1.70 bits per heavy atom. The van der Waals surface area contributed by atoms with Crippen molar-refractivity contribution >= 4 is 0 Å². The summed E-state index contributed by atoms with van der Waals surface area (Å²) in [5, 5.41) is 12.2. The van der Waals surface area contributed by atoms with E-state index in [0.29, 0.717) is 0 Å². The van der Waals surface area contributed by atoms with Gasteiger partial charge in [-0.05, 0) is 0 Å². The minimum Gasteiger partial charge on any atom is -0.504 e. The second-order valence-electron chi connectivity index (χ2n) is 1.84. The number of rotatable bonds is 1. The number of alkyl halides is 2. The van der Waals surface area contributed by atoms with E-state index in [1.807, 2.05) is 0 Å². The van der Waals surface area contributed by atoms with E-state index in [-0.39, 0.29) is 0 Å². The maximum atomic E-state index is 11.9. The molecule has 1 rings (SSSR count). The van der Waals surface area contributed by atoms with Crippen molar-refractivity contribution in [1.82, 2.24) is 9.78 Å². The third-order valence-corrected chi connectivity index (χ3v) is 1.17. The van der Waals surface area contributed by atoms with Crippen molar-refractivity contribution in [2.45, 2.75) is 6.43 Å². The van der Waals surface area contributed by atoms with Gasteiger partial charge in [0.25, 0.3) is 6.43 Å². The van der Waals surface area contributed by atoms with Crippen LogP contribution in [0.15, 0.2) is 6.20 Å². The Balaban J connectivity index is 3.10. The molecule has 5 heteroatoms. The summed E-state index contributed by atoms with van der Waals surface area (Å²) in [6, 6.07) is 0. The van der Waals surface area contributed by atoms with Gasteiger partial charge in [0.2, 0.25) is 0 Å². The Morgan fingerprint density at radius 3 is 2.50 bits per heavy atom. The molecule has 0 radical (unpaired) electrons. The minimum atomic E-state index is -2.67. The Morgan fingerprint density at radius 2 is 2.30 bits per heavy atom. The third-order valence-electron chi connectivity index (χ3n) is 1.17. The van der Waals surface area contributed by atoms with E-state index in [1.54, 1.807) is 0 Å². The number of hydrogen-bond acceptors (Lipinski definition) is 2. The van der Waals surface area contributed by atoms with Crippen LogP contribution >= 0.6 is 0 Å². The lowest BCUT2D eigenvalue weighted by Crippen LogP contribution is -1.97. The molecule has 1 aromatic rings. The number of nitrogens with zero attached hydrogens (tertiary/aromatic N) is 2. The highest BCUT2D eigenvalue weighted by atomic mass is 19.3. The summed E-state index contributed by atoms with van der Waals surface area (Å²) in [4.78, 5) is 0. The molecule has 0 aliphatic heterocycles. The van der Waals surface area contributed by atoms with Gasteiger partial charge >= 0.3 is 0 Å². The molecule has 0 fully saturated rings. The molecule has 3 nitrogen and oxygen atoms in total. The molecule has 0 saturated heterocycles. The average Bonchev–Trinajstić information content (AvgIpc) is 2.11. The van der Waals surface area contributed by atoms with Gasteiger partial charge in [0.15, 0.2) is 5.75 Å². The van der Waals surface area contributed by atoms with Gasteiger partial charge in [0.05, 0.1) is 6.20 Å². The van der Waals surface area contributed by atoms with Crippen LogP contribution in [0.4, 0.5) is 8.78 Å². The van der Waals surface area contributed by atoms with E-state index in [9.17, 15) is 8.78 Å². The summed E-state index contributed by atoms with van der Waals surface area (Å²) in [5.74, 6) is -0.461. The second-order valence-corrected chi connectivity index (χ2v) is 1.84. The molecular formula is C5H6F2N2O. The minimum absolute atomic E-state index is 0.444. The standard InChI is InChI=1S/C5H6F2N2O/c1-9-4(5(6)7)3(10)2-8-9/h2,5,10H,1H3. The molecule has 0 aliphatic rings. The fourth-order valence-corrected chi connectivity index (χ4v) is 0.688. The van der Waals surface area contributed by atoms with E-state index in [4.69, 9.17) is 5.11 Å². The maximum absolute atomic E-state index is 11.9. The molecule has 0 aliphatic carbocycles. The molecule has 1 aromatic heterocycles. The van der Waals surface area contributed by atoms with Crippen molar-refractivity contribution in [3.05, 3.63) is 11.9 Å². The number of aromatic hydroxyl groups is 1. The smallest absolute Gasteiger partial charge is 0.283 e. The SMILES string of the molecule is Cn1ncc(O)c1C(F)F. The summed E-state index contributed by atoms with van der Waals surface area (Å²) in [6.45, 7) is 0. The van der Waals surface area contributed by atoms with Gasteiger partial charge in [0, 0.05) is 7.05 Å². The highest BCUT2D eigenvalue weighted by Gasteiger charge is 2.16. The lowest BCUT2D eigenvalue weighted by atomic mass is 10.4. The van der Waals surface area contributed by atoms with Crippen molar-refractivity contribution < 1.29 is 13.9 Å². The van der Waals surface area contributed by atoms with Crippen LogP contribution in [0.3, 0.4) is 0 Å². The van der Waals surface area contributed by atoms with Gasteiger partial charge in [-0.1, -0.05) is 0 Å². The quantitative estimate of drug-likeness (QED) is 0.646. The molecule has 10 heavy (non-hydrogen) atoms. The van der Waals surface area contributed by atoms with Gasteiger partial charge < -0.3 is 5.11 Å². The summed E-state index contributed by atoms with van der Waals surface area (Å²) in [5.41, 5.74) is -0.444. The van der Waals surface area contributed by atoms with Crippen LogP contribution in [0.1, 0.15) is 12.1 Å². The fraction of sp³-hybridized carbons (Fsp3) is 0.400. The van der Waals surface area contributed by atoms with Crippen molar-refractivity contribution in [1.29, 1.82) is 0 Å². The van der Waals surface area contributed by atoms with Gasteiger partial charge in [-0.3, -0.25) is 4.68 Å². The molecule has 0 amide bonds. The average molecular weight is 148 g/mol. The monoisotopic (exact) mass is 148 g/mol. The summed E-state index contributed by atoms with van der Waals surface area (Å²) >= 11 is 0. The van der Waals surface area contributed by atoms with Crippen LogP contribution in [-0.4, -0.2) is 14.9 Å². The Hall–Kier alpha value is -1.13. The normalized spacial score (nSPS) is 10.8. The van der Waals surface area contributed by atoms with Crippen molar-refractivity contribution in [2.75, 3.05) is 0 Å². The van der Waals surface area contributed by atoms with E-state index in [2.05, 4.69) is 5.10 Å². The predicted molar refractivity (Wildman–Crippen MR) is 29.8 cm³/mol. The predicted octanol–water partition coefficient (Wildman–Crippen LogP) is 1.06. The van der Waals surface area contributed by atoms with Gasteiger partial charge in [-0.2, -0.15) is 5.10 Å². The summed E-state index contributed by atoms with van der Waals surface area (Å²) in [7, 11) is 1.35. The van der Waals surface area contributed by atoms with E-state index in [0.717, 1.165) is 10.9 Å².